The van der Waals surface area contributed by atoms with E-state index in [4.69, 9.17) is 5.73 Å². The highest BCUT2D eigenvalue weighted by molar-refractivity contribution is 5.93. The Kier molecular flexibility index (Phi) is 4.85. The van der Waals surface area contributed by atoms with E-state index in [1.54, 1.807) is 26.1 Å². The Balaban J connectivity index is 2.69. The number of quaternary nitrogens is 1. The van der Waals surface area contributed by atoms with Crippen LogP contribution in [-0.2, 0) is 11.3 Å². The van der Waals surface area contributed by atoms with Crippen molar-refractivity contribution >= 4 is 11.8 Å². The summed E-state index contributed by atoms with van der Waals surface area (Å²) in [7, 11) is 3.52. The summed E-state index contributed by atoms with van der Waals surface area (Å²) in [5.41, 5.74) is 6.95. The number of carbonyl (C=O) groups is 2. The third-order valence-electron chi connectivity index (χ3n) is 3.09. The second-order valence-corrected chi connectivity index (χ2v) is 4.42. The van der Waals surface area contributed by atoms with E-state index in [1.807, 2.05) is 19.2 Å². The summed E-state index contributed by atoms with van der Waals surface area (Å²) in [6.45, 7) is 2.49. The first-order chi connectivity index (χ1) is 8.45. The molecule has 1 aromatic carbocycles. The van der Waals surface area contributed by atoms with Gasteiger partial charge in [-0.2, -0.15) is 0 Å². The Morgan fingerprint density at radius 1 is 1.33 bits per heavy atom. The van der Waals surface area contributed by atoms with E-state index in [2.05, 4.69) is 5.32 Å². The van der Waals surface area contributed by atoms with Gasteiger partial charge in [-0.25, -0.2) is 0 Å². The predicted octanol–water partition coefficient (Wildman–Crippen LogP) is -1.07. The number of hydrogen-bond acceptors (Lipinski definition) is 2. The second-order valence-electron chi connectivity index (χ2n) is 4.42. The van der Waals surface area contributed by atoms with E-state index in [0.29, 0.717) is 12.1 Å². The molecule has 4 N–H and O–H groups in total. The zero-order chi connectivity index (χ0) is 13.7. The van der Waals surface area contributed by atoms with Crippen molar-refractivity contribution in [3.8, 4) is 0 Å². The molecule has 0 bridgehead atoms. The fraction of sp³-hybridized carbons (Fsp3) is 0.385. The molecule has 5 nitrogen and oxygen atoms in total. The number of likely N-dealkylation sites (N-methyl/N-ethyl adjacent to an activating group) is 1. The summed E-state index contributed by atoms with van der Waals surface area (Å²) < 4.78 is 0. The molecule has 0 aliphatic carbocycles. The molecule has 2 atom stereocenters. The monoisotopic (exact) mass is 250 g/mol. The molecule has 5 heteroatoms. The van der Waals surface area contributed by atoms with Crippen LogP contribution < -0.4 is 16.0 Å². The molecule has 0 radical (unpaired) electrons. The molecule has 0 saturated heterocycles. The normalized spacial score (nSPS) is 13.7. The number of benzene rings is 1. The van der Waals surface area contributed by atoms with Crippen molar-refractivity contribution in [3.05, 3.63) is 35.4 Å². The van der Waals surface area contributed by atoms with Crippen molar-refractivity contribution in [3.63, 3.8) is 0 Å². The number of amides is 2. The topological polar surface area (TPSA) is 76.6 Å². The van der Waals surface area contributed by atoms with Crippen LogP contribution in [0.1, 0.15) is 22.8 Å². The van der Waals surface area contributed by atoms with Gasteiger partial charge in [0.1, 0.15) is 6.54 Å². The van der Waals surface area contributed by atoms with Gasteiger partial charge in [0.2, 0.25) is 0 Å². The number of nitrogens with one attached hydrogen (secondary N) is 2. The van der Waals surface area contributed by atoms with Crippen LogP contribution in [0.2, 0.25) is 0 Å². The standard InChI is InChI=1S/C13H19N3O2/c1-9(12(14)17)16(3)8-10-4-6-11(7-5-10)13(18)15-2/h4-7,9H,8H2,1-3H3,(H2,14,17)(H,15,18)/p+1/t9-/m1/s1. The van der Waals surface area contributed by atoms with Gasteiger partial charge in [0.25, 0.3) is 11.8 Å². The fourth-order valence-corrected chi connectivity index (χ4v) is 1.64. The largest absolute Gasteiger partial charge is 0.365 e. The molecule has 0 aliphatic heterocycles. The molecule has 0 fully saturated rings. The van der Waals surface area contributed by atoms with Gasteiger partial charge in [-0.05, 0) is 19.1 Å². The van der Waals surface area contributed by atoms with Crippen molar-refractivity contribution < 1.29 is 14.5 Å². The first kappa shape index (κ1) is 14.2. The number of carbonyl (C=O) groups excluding carboxylic acids is 2. The van der Waals surface area contributed by atoms with E-state index in [9.17, 15) is 9.59 Å². The molecule has 0 saturated carbocycles. The first-order valence-corrected chi connectivity index (χ1v) is 5.88. The third-order valence-corrected chi connectivity index (χ3v) is 3.09. The molecule has 0 spiro atoms. The van der Waals surface area contributed by atoms with E-state index >= 15 is 0 Å². The van der Waals surface area contributed by atoms with Crippen molar-refractivity contribution in [1.82, 2.24) is 5.32 Å². The minimum Gasteiger partial charge on any atom is -0.365 e. The molecular formula is C13H20N3O2+. The lowest BCUT2D eigenvalue weighted by molar-refractivity contribution is -0.908. The fourth-order valence-electron chi connectivity index (χ4n) is 1.64. The summed E-state index contributed by atoms with van der Waals surface area (Å²) in [6.07, 6.45) is 0. The van der Waals surface area contributed by atoms with Gasteiger partial charge in [0.05, 0.1) is 7.05 Å². The van der Waals surface area contributed by atoms with Crippen LogP contribution in [-0.4, -0.2) is 32.0 Å². The number of rotatable bonds is 5. The summed E-state index contributed by atoms with van der Waals surface area (Å²) >= 11 is 0. The minimum atomic E-state index is -0.311. The molecule has 1 rings (SSSR count). The zero-order valence-corrected chi connectivity index (χ0v) is 11.0. The Morgan fingerprint density at radius 3 is 2.33 bits per heavy atom. The Morgan fingerprint density at radius 2 is 1.89 bits per heavy atom. The van der Waals surface area contributed by atoms with Gasteiger partial charge in [-0.15, -0.1) is 0 Å². The van der Waals surface area contributed by atoms with Gasteiger partial charge >= 0.3 is 0 Å². The smallest absolute Gasteiger partial charge is 0.275 e. The molecule has 98 valence electrons. The number of primary amides is 1. The summed E-state index contributed by atoms with van der Waals surface area (Å²) in [6, 6.07) is 7.10. The van der Waals surface area contributed by atoms with Crippen LogP contribution >= 0.6 is 0 Å². The highest BCUT2D eigenvalue weighted by atomic mass is 16.2. The number of nitrogens with two attached hydrogens (primary N) is 1. The molecule has 1 unspecified atom stereocenters. The average Bonchev–Trinajstić information content (AvgIpc) is 2.37. The van der Waals surface area contributed by atoms with Crippen LogP contribution in [0.25, 0.3) is 0 Å². The predicted molar refractivity (Wildman–Crippen MR) is 69.1 cm³/mol. The lowest BCUT2D eigenvalue weighted by Crippen LogP contribution is -3.12. The van der Waals surface area contributed by atoms with E-state index in [1.165, 1.54) is 0 Å². The van der Waals surface area contributed by atoms with Crippen LogP contribution in [0.5, 0.6) is 0 Å². The Labute approximate surface area is 107 Å². The van der Waals surface area contributed by atoms with Gasteiger partial charge in [-0.3, -0.25) is 9.59 Å². The van der Waals surface area contributed by atoms with E-state index < -0.39 is 0 Å². The molecule has 18 heavy (non-hydrogen) atoms. The summed E-state index contributed by atoms with van der Waals surface area (Å²) in [5, 5.41) is 2.57. The van der Waals surface area contributed by atoms with Crippen LogP contribution in [0.4, 0.5) is 0 Å². The molecule has 0 heterocycles. The zero-order valence-electron chi connectivity index (χ0n) is 11.0. The minimum absolute atomic E-state index is 0.104. The van der Waals surface area contributed by atoms with Gasteiger partial charge in [0.15, 0.2) is 6.04 Å². The van der Waals surface area contributed by atoms with E-state index in [0.717, 1.165) is 10.5 Å². The lowest BCUT2D eigenvalue weighted by Gasteiger charge is -2.19. The van der Waals surface area contributed by atoms with Gasteiger partial charge in [-0.1, -0.05) is 12.1 Å². The number of hydrogen-bond donors (Lipinski definition) is 3. The van der Waals surface area contributed by atoms with E-state index in [-0.39, 0.29) is 17.9 Å². The highest BCUT2D eigenvalue weighted by Crippen LogP contribution is 2.03. The molecule has 1 aromatic rings. The molecule has 0 aromatic heterocycles. The Bertz CT molecular complexity index is 428. The van der Waals surface area contributed by atoms with Crippen molar-refractivity contribution in [2.45, 2.75) is 19.5 Å². The molecule has 0 aliphatic rings. The second kappa shape index (κ2) is 6.16. The van der Waals surface area contributed by atoms with Gasteiger partial charge in [0, 0.05) is 18.2 Å². The molecular weight excluding hydrogens is 230 g/mol. The maximum absolute atomic E-state index is 11.4. The van der Waals surface area contributed by atoms with Gasteiger partial charge < -0.3 is 16.0 Å². The Hall–Kier alpha value is -1.88. The van der Waals surface area contributed by atoms with Crippen molar-refractivity contribution in [1.29, 1.82) is 0 Å². The maximum atomic E-state index is 11.4. The quantitative estimate of drug-likeness (QED) is 0.622. The highest BCUT2D eigenvalue weighted by Gasteiger charge is 2.18. The summed E-state index contributed by atoms with van der Waals surface area (Å²) in [4.78, 5) is 23.5. The maximum Gasteiger partial charge on any atom is 0.275 e. The van der Waals surface area contributed by atoms with Crippen LogP contribution in [0.15, 0.2) is 24.3 Å². The van der Waals surface area contributed by atoms with Crippen molar-refractivity contribution in [2.75, 3.05) is 14.1 Å². The average molecular weight is 250 g/mol. The molecule has 2 amide bonds. The van der Waals surface area contributed by atoms with Crippen LogP contribution in [0, 0.1) is 0 Å². The van der Waals surface area contributed by atoms with Crippen molar-refractivity contribution in [2.24, 2.45) is 5.73 Å². The van der Waals surface area contributed by atoms with Crippen LogP contribution in [0.3, 0.4) is 0 Å². The SMILES string of the molecule is CNC(=O)c1ccc(C[NH+](C)[C@H](C)C(N)=O)cc1. The summed E-state index contributed by atoms with van der Waals surface area (Å²) in [5.74, 6) is -0.415. The first-order valence-electron chi connectivity index (χ1n) is 5.88. The lowest BCUT2D eigenvalue weighted by atomic mass is 10.1. The third kappa shape index (κ3) is 3.56.